The van der Waals surface area contributed by atoms with Gasteiger partial charge in [0.05, 0.1) is 18.1 Å². The zero-order valence-electron chi connectivity index (χ0n) is 13.9. The molecule has 26 heavy (non-hydrogen) atoms. The van der Waals surface area contributed by atoms with Gasteiger partial charge >= 0.3 is 12.6 Å². The summed E-state index contributed by atoms with van der Waals surface area (Å²) in [4.78, 5) is 12.3. The van der Waals surface area contributed by atoms with Crippen LogP contribution < -0.4 is 10.5 Å². The van der Waals surface area contributed by atoms with Gasteiger partial charge in [0.15, 0.2) is 0 Å². The molecule has 1 atom stereocenters. The largest absolute Gasteiger partial charge is 0.463 e. The molecule has 138 valence electrons. The Hall–Kier alpha value is -3.15. The van der Waals surface area contributed by atoms with Crippen LogP contribution in [-0.4, -0.2) is 19.2 Å². The number of halogens is 3. The maximum absolute atomic E-state index is 13.9. The molecule has 0 bridgehead atoms. The zero-order chi connectivity index (χ0) is 19.4. The fourth-order valence-electron chi connectivity index (χ4n) is 2.61. The lowest BCUT2D eigenvalue weighted by atomic mass is 9.83. The summed E-state index contributed by atoms with van der Waals surface area (Å²) in [6.07, 6.45) is 0. The summed E-state index contributed by atoms with van der Waals surface area (Å²) in [5, 5.41) is 9.41. The number of esters is 1. The molecule has 0 saturated heterocycles. The number of nitrogens with two attached hydrogens (primary N) is 1. The number of carbonyl (C=O) groups excluding carboxylic acids is 1. The van der Waals surface area contributed by atoms with E-state index in [0.29, 0.717) is 0 Å². The smallest absolute Gasteiger partial charge is 0.387 e. The van der Waals surface area contributed by atoms with E-state index in [4.69, 9.17) is 15.2 Å². The monoisotopic (exact) mass is 368 g/mol. The SMILES string of the molecule is CCOC(=O)C1=C(C)OC(N)=C(C#N)C1c1cc(F)cc(OC(F)F)c1. The Morgan fingerprint density at radius 3 is 2.69 bits per heavy atom. The fourth-order valence-corrected chi connectivity index (χ4v) is 2.61. The van der Waals surface area contributed by atoms with Crippen molar-refractivity contribution < 1.29 is 32.2 Å². The Balaban J connectivity index is 2.64. The highest BCUT2D eigenvalue weighted by molar-refractivity contribution is 5.92. The summed E-state index contributed by atoms with van der Waals surface area (Å²) < 4.78 is 53.3. The van der Waals surface area contributed by atoms with Gasteiger partial charge in [-0.1, -0.05) is 0 Å². The lowest BCUT2D eigenvalue weighted by molar-refractivity contribution is -0.139. The summed E-state index contributed by atoms with van der Waals surface area (Å²) in [6.45, 7) is -0.113. The van der Waals surface area contributed by atoms with Crippen LogP contribution in [0.1, 0.15) is 25.3 Å². The van der Waals surface area contributed by atoms with Crippen molar-refractivity contribution in [2.45, 2.75) is 26.4 Å². The van der Waals surface area contributed by atoms with E-state index >= 15 is 0 Å². The van der Waals surface area contributed by atoms with Crippen LogP contribution in [0.4, 0.5) is 13.2 Å². The van der Waals surface area contributed by atoms with Crippen molar-refractivity contribution in [1.29, 1.82) is 5.26 Å². The first kappa shape index (κ1) is 19.2. The second-order valence-electron chi connectivity index (χ2n) is 5.21. The van der Waals surface area contributed by atoms with Gasteiger partial charge in [0.25, 0.3) is 0 Å². The average molecular weight is 368 g/mol. The first-order valence-corrected chi connectivity index (χ1v) is 7.49. The predicted octanol–water partition coefficient (Wildman–Crippen LogP) is 3.07. The summed E-state index contributed by atoms with van der Waals surface area (Å²) in [6, 6.07) is 4.66. The lowest BCUT2D eigenvalue weighted by Crippen LogP contribution is -2.25. The van der Waals surface area contributed by atoms with Crippen molar-refractivity contribution in [2.24, 2.45) is 5.73 Å². The Kier molecular flexibility index (Phi) is 5.77. The minimum absolute atomic E-state index is 0.0193. The normalized spacial score (nSPS) is 17.0. The van der Waals surface area contributed by atoms with Gasteiger partial charge in [0, 0.05) is 6.07 Å². The number of hydrogen-bond donors (Lipinski definition) is 1. The van der Waals surface area contributed by atoms with E-state index in [1.165, 1.54) is 6.92 Å². The van der Waals surface area contributed by atoms with Crippen molar-refractivity contribution in [3.05, 3.63) is 52.4 Å². The van der Waals surface area contributed by atoms with Crippen molar-refractivity contribution >= 4 is 5.97 Å². The third-order valence-electron chi connectivity index (χ3n) is 3.55. The van der Waals surface area contributed by atoms with Gasteiger partial charge in [-0.25, -0.2) is 9.18 Å². The van der Waals surface area contributed by atoms with E-state index in [-0.39, 0.29) is 35.0 Å². The average Bonchev–Trinajstić information content (AvgIpc) is 2.53. The van der Waals surface area contributed by atoms with Crippen molar-refractivity contribution in [2.75, 3.05) is 6.61 Å². The maximum atomic E-state index is 13.9. The summed E-state index contributed by atoms with van der Waals surface area (Å²) in [7, 11) is 0. The lowest BCUT2D eigenvalue weighted by Gasteiger charge is -2.27. The molecule has 2 N–H and O–H groups in total. The molecule has 1 unspecified atom stereocenters. The second kappa shape index (κ2) is 7.82. The highest BCUT2D eigenvalue weighted by Gasteiger charge is 2.36. The van der Waals surface area contributed by atoms with Gasteiger partial charge in [-0.15, -0.1) is 0 Å². The molecule has 1 aromatic carbocycles. The molecular formula is C17H15F3N2O4. The maximum Gasteiger partial charge on any atom is 0.387 e. The topological polar surface area (TPSA) is 94.6 Å². The molecule has 1 aliphatic heterocycles. The van der Waals surface area contributed by atoms with Crippen molar-refractivity contribution in [3.8, 4) is 11.8 Å². The Bertz CT molecular complexity index is 828. The molecule has 1 aliphatic rings. The molecule has 2 rings (SSSR count). The zero-order valence-corrected chi connectivity index (χ0v) is 13.9. The van der Waals surface area contributed by atoms with E-state index < -0.39 is 30.1 Å². The minimum atomic E-state index is -3.17. The number of hydrogen-bond acceptors (Lipinski definition) is 6. The van der Waals surface area contributed by atoms with Gasteiger partial charge in [-0.3, -0.25) is 0 Å². The Morgan fingerprint density at radius 2 is 2.12 bits per heavy atom. The van der Waals surface area contributed by atoms with Gasteiger partial charge in [0.1, 0.15) is 29.0 Å². The molecule has 9 heteroatoms. The van der Waals surface area contributed by atoms with Crippen LogP contribution in [0, 0.1) is 17.1 Å². The molecule has 0 aliphatic carbocycles. The van der Waals surface area contributed by atoms with Crippen LogP contribution in [-0.2, 0) is 14.3 Å². The van der Waals surface area contributed by atoms with Crippen molar-refractivity contribution in [1.82, 2.24) is 0 Å². The van der Waals surface area contributed by atoms with Crippen LogP contribution in [0.5, 0.6) is 5.75 Å². The molecule has 0 saturated carbocycles. The third-order valence-corrected chi connectivity index (χ3v) is 3.55. The first-order valence-electron chi connectivity index (χ1n) is 7.49. The van der Waals surface area contributed by atoms with E-state index in [9.17, 15) is 23.2 Å². The molecule has 0 fully saturated rings. The predicted molar refractivity (Wildman–Crippen MR) is 83.0 cm³/mol. The van der Waals surface area contributed by atoms with Crippen LogP contribution in [0.25, 0.3) is 0 Å². The molecule has 0 amide bonds. The quantitative estimate of drug-likeness (QED) is 0.803. The number of ether oxygens (including phenoxy) is 3. The number of benzene rings is 1. The van der Waals surface area contributed by atoms with E-state index in [1.807, 2.05) is 0 Å². The van der Waals surface area contributed by atoms with Gasteiger partial charge in [0.2, 0.25) is 5.88 Å². The summed E-state index contributed by atoms with van der Waals surface area (Å²) in [5.41, 5.74) is 5.47. The number of nitrogens with zero attached hydrogens (tertiary/aromatic N) is 1. The molecule has 1 aromatic rings. The molecule has 6 nitrogen and oxygen atoms in total. The number of rotatable bonds is 5. The van der Waals surface area contributed by atoms with E-state index in [0.717, 1.165) is 18.2 Å². The van der Waals surface area contributed by atoms with Crippen molar-refractivity contribution in [3.63, 3.8) is 0 Å². The highest BCUT2D eigenvalue weighted by Crippen LogP contribution is 2.40. The summed E-state index contributed by atoms with van der Waals surface area (Å²) in [5.74, 6) is -3.51. The van der Waals surface area contributed by atoms with Crippen LogP contribution in [0.2, 0.25) is 0 Å². The number of nitriles is 1. The first-order chi connectivity index (χ1) is 12.3. The van der Waals surface area contributed by atoms with Gasteiger partial charge in [-0.05, 0) is 31.5 Å². The Labute approximate surface area is 147 Å². The molecular weight excluding hydrogens is 353 g/mol. The minimum Gasteiger partial charge on any atom is -0.463 e. The van der Waals surface area contributed by atoms with Gasteiger partial charge < -0.3 is 19.9 Å². The van der Waals surface area contributed by atoms with Crippen LogP contribution >= 0.6 is 0 Å². The molecule has 0 spiro atoms. The highest BCUT2D eigenvalue weighted by atomic mass is 19.3. The Morgan fingerprint density at radius 1 is 1.42 bits per heavy atom. The molecule has 0 radical (unpaired) electrons. The number of allylic oxidation sites excluding steroid dienone is 2. The second-order valence-corrected chi connectivity index (χ2v) is 5.21. The molecule has 1 heterocycles. The summed E-state index contributed by atoms with van der Waals surface area (Å²) >= 11 is 0. The van der Waals surface area contributed by atoms with Gasteiger partial charge in [-0.2, -0.15) is 14.0 Å². The van der Waals surface area contributed by atoms with E-state index in [1.54, 1.807) is 13.0 Å². The number of carbonyl (C=O) groups is 1. The fraction of sp³-hybridized carbons (Fsp3) is 0.294. The third kappa shape index (κ3) is 3.91. The number of alkyl halides is 2. The standard InChI is InChI=1S/C17H15F3N2O4/c1-3-24-16(23)13-8(2)25-15(22)12(7-21)14(13)9-4-10(18)6-11(5-9)26-17(19)20/h4-6,14,17H,3,22H2,1-2H3. The van der Waals surface area contributed by atoms with Crippen LogP contribution in [0.15, 0.2) is 41.0 Å². The van der Waals surface area contributed by atoms with Crippen LogP contribution in [0.3, 0.4) is 0 Å². The molecule has 0 aromatic heterocycles. The van der Waals surface area contributed by atoms with E-state index in [2.05, 4.69) is 4.74 Å².